The van der Waals surface area contributed by atoms with Crippen LogP contribution in [0.5, 0.6) is 5.88 Å². The maximum atomic E-state index is 14.6. The summed E-state index contributed by atoms with van der Waals surface area (Å²) in [6.45, 7) is 8.49. The normalized spacial score (nSPS) is 13.2. The Morgan fingerprint density at radius 1 is 0.662 bits per heavy atom. The average Bonchev–Trinajstić information content (AvgIpc) is 3.32. The molecule has 0 bridgehead atoms. The Morgan fingerprint density at radius 3 is 1.71 bits per heavy atom. The first-order valence-corrected chi connectivity index (χ1v) is 21.7. The monoisotopic (exact) mass is 917 g/mol. The number of hydrogen-bond acceptors (Lipinski definition) is 16. The third-order valence-corrected chi connectivity index (χ3v) is 10.0. The third kappa shape index (κ3) is 17.4. The maximum absolute atomic E-state index is 14.6. The van der Waals surface area contributed by atoms with Gasteiger partial charge in [0.25, 0.3) is 0 Å². The lowest BCUT2D eigenvalue weighted by atomic mass is 10.0. The fourth-order valence-electron chi connectivity index (χ4n) is 6.70. The molecule has 358 valence electrons. The zero-order chi connectivity index (χ0) is 46.1. The number of benzene rings is 2. The lowest BCUT2D eigenvalue weighted by Gasteiger charge is -2.37. The fourth-order valence-corrected chi connectivity index (χ4v) is 6.70. The van der Waals surface area contributed by atoms with Gasteiger partial charge in [-0.25, -0.2) is 4.98 Å². The van der Waals surface area contributed by atoms with Crippen LogP contribution < -0.4 is 26.4 Å². The molecule has 17 nitrogen and oxygen atoms in total. The topological polar surface area (TPSA) is 196 Å². The zero-order valence-corrected chi connectivity index (χ0v) is 37.0. The Morgan fingerprint density at radius 2 is 1.20 bits per heavy atom. The molecule has 4 aromatic rings. The van der Waals surface area contributed by atoms with Crippen molar-refractivity contribution in [1.82, 2.24) is 14.9 Å². The van der Waals surface area contributed by atoms with Gasteiger partial charge in [0.2, 0.25) is 11.8 Å². The van der Waals surface area contributed by atoms with Gasteiger partial charge in [0.15, 0.2) is 0 Å². The van der Waals surface area contributed by atoms with Crippen LogP contribution in [0.4, 0.5) is 35.9 Å². The number of aromatic nitrogens is 2. The van der Waals surface area contributed by atoms with Gasteiger partial charge in [-0.05, 0) is 42.0 Å². The number of alkyl halides is 3. The molecule has 5 N–H and O–H groups in total. The van der Waals surface area contributed by atoms with Gasteiger partial charge in [0, 0.05) is 67.3 Å². The molecule has 0 radical (unpaired) electrons. The van der Waals surface area contributed by atoms with Gasteiger partial charge in [-0.2, -0.15) is 13.2 Å². The molecule has 2 aromatic carbocycles. The van der Waals surface area contributed by atoms with Gasteiger partial charge in [-0.15, -0.1) is 0 Å². The molecule has 1 fully saturated rings. The SMILES string of the molecule is COc1ccc(-c2ccc3ncc(N)c(Nc4ccc(N5CCN(C(=O)CCOCCOCCOCCOCCOCCOCCOCCOCCN)CC5)c(C(F)(F)F)c4)c3c2)cn1. The van der Waals surface area contributed by atoms with E-state index in [1.165, 1.54) is 19.4 Å². The van der Waals surface area contributed by atoms with E-state index in [1.54, 1.807) is 28.1 Å². The standard InChI is InChI=1S/C45H62F3N7O10/c1-57-42-7-3-35(32-52-42)34-2-5-40-37(30-34)44(39(50)33-51-40)53-36-4-6-41(38(31-36)45(46,47)48)54-10-12-55(13-11-54)43(56)8-14-58-16-18-60-20-22-62-24-26-64-28-29-65-27-25-63-23-21-61-19-17-59-15-9-49/h2-7,30-33H,8-29,49-50H2,1H3,(H,51,53). The van der Waals surface area contributed by atoms with Crippen LogP contribution in [0.25, 0.3) is 22.0 Å². The summed E-state index contributed by atoms with van der Waals surface area (Å²) >= 11 is 0. The lowest BCUT2D eigenvalue weighted by molar-refractivity contribution is -0.137. The average molecular weight is 918 g/mol. The molecule has 5 rings (SSSR count). The molecule has 0 aliphatic carbocycles. The van der Waals surface area contributed by atoms with E-state index in [2.05, 4.69) is 15.3 Å². The van der Waals surface area contributed by atoms with Crippen LogP contribution in [-0.2, 0) is 48.9 Å². The predicted octanol–water partition coefficient (Wildman–Crippen LogP) is 4.78. The van der Waals surface area contributed by atoms with Crippen molar-refractivity contribution < 1.29 is 60.6 Å². The Bertz CT molecular complexity index is 1990. The van der Waals surface area contributed by atoms with Gasteiger partial charge >= 0.3 is 6.18 Å². The van der Waals surface area contributed by atoms with Gasteiger partial charge in [0.05, 0.1) is 148 Å². The Kier molecular flexibility index (Phi) is 22.2. The van der Waals surface area contributed by atoms with E-state index in [0.717, 1.165) is 17.2 Å². The van der Waals surface area contributed by atoms with Crippen LogP contribution in [0, 0.1) is 0 Å². The van der Waals surface area contributed by atoms with Crippen molar-refractivity contribution in [3.63, 3.8) is 0 Å². The highest BCUT2D eigenvalue weighted by Gasteiger charge is 2.36. The number of carbonyl (C=O) groups is 1. The molecule has 0 unspecified atom stereocenters. The summed E-state index contributed by atoms with van der Waals surface area (Å²) in [4.78, 5) is 24.9. The van der Waals surface area contributed by atoms with E-state index < -0.39 is 11.7 Å². The summed E-state index contributed by atoms with van der Waals surface area (Å²) < 4.78 is 92.5. The van der Waals surface area contributed by atoms with E-state index >= 15 is 0 Å². The number of methoxy groups -OCH3 is 1. The number of hydrogen-bond donors (Lipinski definition) is 3. The highest BCUT2D eigenvalue weighted by atomic mass is 19.4. The van der Waals surface area contributed by atoms with Crippen molar-refractivity contribution in [1.29, 1.82) is 0 Å². The van der Waals surface area contributed by atoms with Crippen LogP contribution in [0.1, 0.15) is 12.0 Å². The number of pyridine rings is 2. The second kappa shape index (κ2) is 28.2. The van der Waals surface area contributed by atoms with E-state index in [0.29, 0.717) is 128 Å². The number of nitrogens with two attached hydrogens (primary N) is 2. The first-order valence-electron chi connectivity index (χ1n) is 21.7. The Labute approximate surface area is 377 Å². The molecular weight excluding hydrogens is 856 g/mol. The Balaban J connectivity index is 0.926. The smallest absolute Gasteiger partial charge is 0.418 e. The fraction of sp³-hybridized carbons (Fsp3) is 0.533. The molecule has 1 aliphatic heterocycles. The molecule has 0 saturated carbocycles. The van der Waals surface area contributed by atoms with Crippen LogP contribution in [0.2, 0.25) is 0 Å². The quantitative estimate of drug-likeness (QED) is 0.0583. The molecule has 0 atom stereocenters. The van der Waals surface area contributed by atoms with Crippen molar-refractivity contribution in [3.8, 4) is 17.0 Å². The molecule has 20 heteroatoms. The summed E-state index contributed by atoms with van der Waals surface area (Å²) in [5.41, 5.74) is 14.1. The maximum Gasteiger partial charge on any atom is 0.418 e. The van der Waals surface area contributed by atoms with Gasteiger partial charge in [-0.3, -0.25) is 9.78 Å². The number of ether oxygens (including phenoxy) is 9. The van der Waals surface area contributed by atoms with Crippen molar-refractivity contribution in [2.75, 3.05) is 161 Å². The third-order valence-electron chi connectivity index (χ3n) is 10.0. The number of nitrogen functional groups attached to an aromatic ring is 1. The number of anilines is 4. The van der Waals surface area contributed by atoms with Crippen molar-refractivity contribution in [3.05, 3.63) is 66.5 Å². The van der Waals surface area contributed by atoms with E-state index in [4.69, 9.17) is 54.1 Å². The van der Waals surface area contributed by atoms with E-state index in [1.807, 2.05) is 24.3 Å². The number of rotatable bonds is 31. The second-order valence-corrected chi connectivity index (χ2v) is 14.6. The summed E-state index contributed by atoms with van der Waals surface area (Å²) in [5, 5.41) is 3.76. The van der Waals surface area contributed by atoms with Crippen LogP contribution in [-0.4, -0.2) is 166 Å². The lowest BCUT2D eigenvalue weighted by Crippen LogP contribution is -2.49. The number of fused-ring (bicyclic) bond motifs is 1. The molecule has 3 heterocycles. The number of amides is 1. The molecule has 2 aromatic heterocycles. The van der Waals surface area contributed by atoms with Crippen molar-refractivity contribution >= 4 is 39.6 Å². The van der Waals surface area contributed by atoms with Gasteiger partial charge < -0.3 is 69.2 Å². The number of halogens is 3. The van der Waals surface area contributed by atoms with Gasteiger partial charge in [-0.1, -0.05) is 6.07 Å². The second-order valence-electron chi connectivity index (χ2n) is 14.6. The molecule has 1 amide bonds. The summed E-state index contributed by atoms with van der Waals surface area (Å²) in [6, 6.07) is 13.3. The minimum absolute atomic E-state index is 0.0401. The molecule has 1 saturated heterocycles. The number of nitrogens with one attached hydrogen (secondary N) is 1. The summed E-state index contributed by atoms with van der Waals surface area (Å²) in [5.74, 6) is 0.349. The van der Waals surface area contributed by atoms with Crippen LogP contribution in [0.3, 0.4) is 0 Å². The number of carbonyl (C=O) groups excluding carboxylic acids is 1. The first-order chi connectivity index (χ1) is 31.7. The molecule has 0 spiro atoms. The zero-order valence-electron chi connectivity index (χ0n) is 37.0. The minimum Gasteiger partial charge on any atom is -0.481 e. The summed E-state index contributed by atoms with van der Waals surface area (Å²) in [7, 11) is 1.53. The van der Waals surface area contributed by atoms with Crippen molar-refractivity contribution in [2.24, 2.45) is 5.73 Å². The predicted molar refractivity (Wildman–Crippen MR) is 240 cm³/mol. The van der Waals surface area contributed by atoms with Crippen molar-refractivity contribution in [2.45, 2.75) is 12.6 Å². The highest BCUT2D eigenvalue weighted by Crippen LogP contribution is 2.41. The van der Waals surface area contributed by atoms with E-state index in [-0.39, 0.29) is 62.2 Å². The van der Waals surface area contributed by atoms with Crippen LogP contribution >= 0.6 is 0 Å². The number of nitrogens with zero attached hydrogens (tertiary/aromatic N) is 4. The largest absolute Gasteiger partial charge is 0.481 e. The minimum atomic E-state index is -4.64. The first kappa shape index (κ1) is 51.1. The molecule has 65 heavy (non-hydrogen) atoms. The van der Waals surface area contributed by atoms with Crippen LogP contribution in [0.15, 0.2) is 60.9 Å². The number of piperazine rings is 1. The molecule has 1 aliphatic rings. The Hall–Kier alpha value is -4.90. The van der Waals surface area contributed by atoms with E-state index in [9.17, 15) is 18.0 Å². The van der Waals surface area contributed by atoms with Gasteiger partial charge in [0.1, 0.15) is 0 Å². The summed E-state index contributed by atoms with van der Waals surface area (Å²) in [6.07, 6.45) is -1.34. The molecular formula is C45H62F3N7O10. The highest BCUT2D eigenvalue weighted by molar-refractivity contribution is 6.00.